The van der Waals surface area contributed by atoms with Crippen LogP contribution in [0.25, 0.3) is 5.82 Å². The van der Waals surface area contributed by atoms with Gasteiger partial charge >= 0.3 is 5.97 Å². The zero-order chi connectivity index (χ0) is 20.3. The molecule has 0 saturated carbocycles. The molecule has 2 N–H and O–H groups in total. The molecule has 0 spiro atoms. The number of halogens is 2. The number of carbonyl (C=O) groups excluding carboxylic acids is 2. The number of ether oxygens (including phenoxy) is 1. The van der Waals surface area contributed by atoms with Crippen molar-refractivity contribution in [2.45, 2.75) is 6.61 Å². The van der Waals surface area contributed by atoms with Crippen LogP contribution < -0.4 is 5.32 Å². The number of imidazole rings is 1. The Morgan fingerprint density at radius 1 is 1.21 bits per heavy atom. The predicted octanol–water partition coefficient (Wildman–Crippen LogP) is 1.47. The van der Waals surface area contributed by atoms with E-state index in [0.29, 0.717) is 18.0 Å². The summed E-state index contributed by atoms with van der Waals surface area (Å²) in [6.45, 7) is -0.540. The van der Waals surface area contributed by atoms with Gasteiger partial charge in [-0.2, -0.15) is 0 Å². The van der Waals surface area contributed by atoms with Gasteiger partial charge in [0.1, 0.15) is 6.33 Å². The second kappa shape index (κ2) is 7.88. The molecule has 0 fully saturated rings. The fourth-order valence-corrected chi connectivity index (χ4v) is 2.36. The van der Waals surface area contributed by atoms with Gasteiger partial charge in [0.15, 0.2) is 23.1 Å². The van der Waals surface area contributed by atoms with E-state index in [9.17, 15) is 23.5 Å². The maximum absolute atomic E-state index is 13.6. The van der Waals surface area contributed by atoms with Crippen LogP contribution in [-0.2, 0) is 11.3 Å². The second-order valence-corrected chi connectivity index (χ2v) is 5.46. The molecule has 11 heteroatoms. The van der Waals surface area contributed by atoms with Crippen molar-refractivity contribution >= 4 is 17.6 Å². The van der Waals surface area contributed by atoms with E-state index in [-0.39, 0.29) is 22.5 Å². The lowest BCUT2D eigenvalue weighted by Gasteiger charge is -2.12. The topological polar surface area (TPSA) is 119 Å². The highest BCUT2D eigenvalue weighted by Crippen LogP contribution is 2.22. The highest BCUT2D eigenvalue weighted by molar-refractivity contribution is 6.07. The molecule has 0 aliphatic carbocycles. The molecule has 144 valence electrons. The van der Waals surface area contributed by atoms with Gasteiger partial charge in [0.25, 0.3) is 5.91 Å². The Kier molecular flexibility index (Phi) is 5.36. The summed E-state index contributed by atoms with van der Waals surface area (Å²) in [5.74, 6) is -4.10. The summed E-state index contributed by atoms with van der Waals surface area (Å²) in [6, 6.07) is 2.67. The number of carbonyl (C=O) groups is 2. The summed E-state index contributed by atoms with van der Waals surface area (Å²) < 4.78 is 33.1. The van der Waals surface area contributed by atoms with Crippen molar-refractivity contribution in [3.05, 3.63) is 65.4 Å². The van der Waals surface area contributed by atoms with E-state index in [1.807, 2.05) is 0 Å². The molecule has 0 aliphatic rings. The van der Waals surface area contributed by atoms with Crippen molar-refractivity contribution < 1.29 is 28.2 Å². The number of benzene rings is 1. The zero-order valence-corrected chi connectivity index (χ0v) is 14.4. The van der Waals surface area contributed by atoms with Gasteiger partial charge in [-0.1, -0.05) is 0 Å². The number of aliphatic hydroxyl groups excluding tert-OH is 1. The Labute approximate surface area is 156 Å². The Hall–Kier alpha value is -3.73. The lowest BCUT2D eigenvalue weighted by atomic mass is 10.1. The summed E-state index contributed by atoms with van der Waals surface area (Å²) in [4.78, 5) is 28.2. The Morgan fingerprint density at radius 3 is 2.61 bits per heavy atom. The second-order valence-electron chi connectivity index (χ2n) is 5.46. The first-order chi connectivity index (χ1) is 13.4. The van der Waals surface area contributed by atoms with Gasteiger partial charge < -0.3 is 15.2 Å². The maximum Gasteiger partial charge on any atom is 0.340 e. The minimum atomic E-state index is -1.28. The lowest BCUT2D eigenvalue weighted by Crippen LogP contribution is -2.20. The number of hydrogen-bond acceptors (Lipinski definition) is 7. The molecule has 1 aromatic carbocycles. The zero-order valence-electron chi connectivity index (χ0n) is 14.4. The van der Waals surface area contributed by atoms with E-state index in [0.717, 1.165) is 7.11 Å². The third-order valence-corrected chi connectivity index (χ3v) is 3.73. The summed E-state index contributed by atoms with van der Waals surface area (Å²) in [5, 5.41) is 19.5. The molecule has 9 nitrogen and oxygen atoms in total. The molecule has 0 aliphatic heterocycles. The number of rotatable bonds is 5. The van der Waals surface area contributed by atoms with Crippen molar-refractivity contribution in [3.63, 3.8) is 0 Å². The van der Waals surface area contributed by atoms with Crippen LogP contribution in [0.5, 0.6) is 0 Å². The number of anilines is 1. The van der Waals surface area contributed by atoms with Gasteiger partial charge in [-0.05, 0) is 12.1 Å². The van der Waals surface area contributed by atoms with Crippen molar-refractivity contribution in [1.29, 1.82) is 0 Å². The lowest BCUT2D eigenvalue weighted by molar-refractivity contribution is 0.0601. The minimum Gasteiger partial charge on any atom is -0.465 e. The van der Waals surface area contributed by atoms with Crippen molar-refractivity contribution in [2.24, 2.45) is 0 Å². The van der Waals surface area contributed by atoms with Gasteiger partial charge in [0.2, 0.25) is 0 Å². The Morgan fingerprint density at radius 2 is 1.96 bits per heavy atom. The van der Waals surface area contributed by atoms with E-state index >= 15 is 0 Å². The largest absolute Gasteiger partial charge is 0.465 e. The average Bonchev–Trinajstić information content (AvgIpc) is 3.24. The van der Waals surface area contributed by atoms with Crippen LogP contribution in [0.1, 0.15) is 26.4 Å². The monoisotopic (exact) mass is 389 g/mol. The third-order valence-electron chi connectivity index (χ3n) is 3.73. The summed E-state index contributed by atoms with van der Waals surface area (Å²) in [7, 11) is 1.05. The fraction of sp³-hybridized carbons (Fsp3) is 0.118. The van der Waals surface area contributed by atoms with Crippen molar-refractivity contribution in [3.8, 4) is 5.82 Å². The summed E-state index contributed by atoms with van der Waals surface area (Å²) >= 11 is 0. The van der Waals surface area contributed by atoms with Crippen LogP contribution >= 0.6 is 0 Å². The molecule has 0 atom stereocenters. The summed E-state index contributed by atoms with van der Waals surface area (Å²) in [5.41, 5.74) is -0.839. The number of aliphatic hydroxyl groups is 1. The first-order valence-electron chi connectivity index (χ1n) is 7.79. The van der Waals surface area contributed by atoms with Crippen LogP contribution in [0.4, 0.5) is 14.5 Å². The van der Waals surface area contributed by atoms with E-state index < -0.39 is 30.1 Å². The molecule has 0 bridgehead atoms. The molecule has 0 radical (unpaired) electrons. The molecule has 3 rings (SSSR count). The number of amides is 1. The van der Waals surface area contributed by atoms with E-state index in [4.69, 9.17) is 0 Å². The Balaban J connectivity index is 1.95. The van der Waals surface area contributed by atoms with Gasteiger partial charge in [-0.25, -0.2) is 18.6 Å². The molecule has 2 heterocycles. The highest BCUT2D eigenvalue weighted by atomic mass is 19.2. The molecule has 0 unspecified atom stereocenters. The van der Waals surface area contributed by atoms with Gasteiger partial charge in [0, 0.05) is 24.0 Å². The van der Waals surface area contributed by atoms with E-state index in [1.165, 1.54) is 23.2 Å². The third kappa shape index (κ3) is 3.69. The molecular formula is C17H13F2N5O4. The van der Waals surface area contributed by atoms with Crippen molar-refractivity contribution in [2.75, 3.05) is 12.4 Å². The number of nitrogens with one attached hydrogen (secondary N) is 1. The van der Waals surface area contributed by atoms with Crippen molar-refractivity contribution in [1.82, 2.24) is 19.7 Å². The highest BCUT2D eigenvalue weighted by Gasteiger charge is 2.21. The minimum absolute atomic E-state index is 0.124. The molecular weight excluding hydrogens is 376 g/mol. The van der Waals surface area contributed by atoms with Crippen LogP contribution in [0.3, 0.4) is 0 Å². The number of hydrogen-bond donors (Lipinski definition) is 2. The smallest absolute Gasteiger partial charge is 0.340 e. The SMILES string of the molecule is COC(=O)c1cc(F)c(F)cc1NC(=O)c1nnc(-n2ccnc2)cc1CO. The molecule has 1 amide bonds. The van der Waals surface area contributed by atoms with Crippen LogP contribution in [0, 0.1) is 11.6 Å². The normalized spacial score (nSPS) is 10.6. The number of nitrogens with zero attached hydrogens (tertiary/aromatic N) is 4. The molecule has 3 aromatic rings. The first-order valence-corrected chi connectivity index (χ1v) is 7.79. The number of aromatic nitrogens is 4. The van der Waals surface area contributed by atoms with Crippen LogP contribution in [0.2, 0.25) is 0 Å². The van der Waals surface area contributed by atoms with Gasteiger partial charge in [-0.3, -0.25) is 9.36 Å². The maximum atomic E-state index is 13.6. The number of esters is 1. The predicted molar refractivity (Wildman–Crippen MR) is 90.7 cm³/mol. The van der Waals surface area contributed by atoms with Gasteiger partial charge in [0.05, 0.1) is 25.0 Å². The van der Waals surface area contributed by atoms with Crippen LogP contribution in [-0.4, -0.2) is 43.8 Å². The quantitative estimate of drug-likeness (QED) is 0.634. The fourth-order valence-electron chi connectivity index (χ4n) is 2.36. The van der Waals surface area contributed by atoms with Crippen LogP contribution in [0.15, 0.2) is 36.9 Å². The van der Waals surface area contributed by atoms with E-state index in [2.05, 4.69) is 25.2 Å². The average molecular weight is 389 g/mol. The van der Waals surface area contributed by atoms with E-state index in [1.54, 1.807) is 6.20 Å². The summed E-state index contributed by atoms with van der Waals surface area (Å²) in [6.07, 6.45) is 4.56. The standard InChI is InChI=1S/C17H13F2N5O4/c1-28-17(27)10-5-11(18)12(19)6-13(10)21-16(26)15-9(7-25)4-14(22-23-15)24-3-2-20-8-24/h2-6,8,25H,7H2,1H3,(H,21,26). The number of methoxy groups -OCH3 is 1. The molecule has 28 heavy (non-hydrogen) atoms. The van der Waals surface area contributed by atoms with Gasteiger partial charge in [-0.15, -0.1) is 10.2 Å². The Bertz CT molecular complexity index is 1040. The first kappa shape index (κ1) is 19.0. The molecule has 0 saturated heterocycles. The molecule has 2 aromatic heterocycles.